The Morgan fingerprint density at radius 3 is 2.62 bits per heavy atom. The minimum Gasteiger partial charge on any atom is -0.352 e. The van der Waals surface area contributed by atoms with E-state index in [0.29, 0.717) is 29.9 Å². The molecule has 3 heterocycles. The maximum atomic E-state index is 12.9. The second kappa shape index (κ2) is 14.6. The molecule has 0 radical (unpaired) electrons. The van der Waals surface area contributed by atoms with Crippen LogP contribution in [0.1, 0.15) is 63.9 Å². The summed E-state index contributed by atoms with van der Waals surface area (Å²) < 4.78 is 0. The van der Waals surface area contributed by atoms with Crippen molar-refractivity contribution in [3.05, 3.63) is 51.0 Å². The molecule has 1 atom stereocenters. The van der Waals surface area contributed by atoms with Gasteiger partial charge in [-0.2, -0.15) is 16.6 Å². The highest BCUT2D eigenvalue weighted by Gasteiger charge is 2.30. The lowest BCUT2D eigenvalue weighted by atomic mass is 10.0. The summed E-state index contributed by atoms with van der Waals surface area (Å²) in [5.41, 5.74) is 5.34. The van der Waals surface area contributed by atoms with Crippen LogP contribution in [0.5, 0.6) is 0 Å². The van der Waals surface area contributed by atoms with Crippen LogP contribution in [0, 0.1) is 25.2 Å². The number of urea groups is 1. The van der Waals surface area contributed by atoms with E-state index in [9.17, 15) is 14.4 Å². The minimum atomic E-state index is -0.443. The molecule has 4 amide bonds. The standard InChI is InChI=1S/C27H37N7O4S/c1-18-15-23(25(35)30-11-9-28)31-20(3)24(18)26(36)29-10-5-19(2)33-12-6-22(7-13-33)34(27(37)32-38-4)16-21-8-14-39-17-21/h8,14-15,17,19,22H,5-7,10-13,16H2,1-4H3,(H,29,36)(H,30,35)(H,32,37)/t19-/m1/s1. The van der Waals surface area contributed by atoms with E-state index in [1.807, 2.05) is 22.4 Å². The zero-order valence-corrected chi connectivity index (χ0v) is 23.8. The third-order valence-corrected chi connectivity index (χ3v) is 7.71. The second-order valence-electron chi connectivity index (χ2n) is 9.66. The number of carbonyl (C=O) groups is 3. The predicted octanol–water partition coefficient (Wildman–Crippen LogP) is 2.76. The van der Waals surface area contributed by atoms with Gasteiger partial charge in [0, 0.05) is 38.3 Å². The average molecular weight is 556 g/mol. The summed E-state index contributed by atoms with van der Waals surface area (Å²) >= 11 is 1.61. The molecule has 0 aliphatic carbocycles. The van der Waals surface area contributed by atoms with Crippen molar-refractivity contribution in [3.8, 4) is 6.07 Å². The number of aryl methyl sites for hydroxylation is 2. The molecular weight excluding hydrogens is 518 g/mol. The van der Waals surface area contributed by atoms with E-state index in [-0.39, 0.29) is 36.3 Å². The van der Waals surface area contributed by atoms with Crippen molar-refractivity contribution in [2.45, 2.75) is 58.7 Å². The molecule has 1 aliphatic heterocycles. The van der Waals surface area contributed by atoms with Gasteiger partial charge in [-0.05, 0) is 74.1 Å². The number of piperidine rings is 1. The van der Waals surface area contributed by atoms with Crippen molar-refractivity contribution in [1.82, 2.24) is 30.9 Å². The summed E-state index contributed by atoms with van der Waals surface area (Å²) in [6.45, 7) is 8.28. The Hall–Kier alpha value is -3.53. The fourth-order valence-corrected chi connectivity index (χ4v) is 5.56. The van der Waals surface area contributed by atoms with Gasteiger partial charge in [-0.3, -0.25) is 14.4 Å². The third-order valence-electron chi connectivity index (χ3n) is 6.98. The number of nitriles is 1. The van der Waals surface area contributed by atoms with Crippen molar-refractivity contribution >= 4 is 29.2 Å². The van der Waals surface area contributed by atoms with Crippen LogP contribution in [-0.2, 0) is 11.4 Å². The molecule has 210 valence electrons. The summed E-state index contributed by atoms with van der Waals surface area (Å²) in [6.07, 6.45) is 2.49. The molecule has 3 N–H and O–H groups in total. The minimum absolute atomic E-state index is 0.104. The SMILES string of the molecule is CONC(=O)N(Cc1ccsc1)C1CCN([C@H](C)CCNC(=O)c2c(C)cc(C(=O)NCC#N)nc2C)CC1. The van der Waals surface area contributed by atoms with Crippen molar-refractivity contribution in [2.24, 2.45) is 0 Å². The van der Waals surface area contributed by atoms with Gasteiger partial charge in [-0.15, -0.1) is 0 Å². The molecule has 0 spiro atoms. The van der Waals surface area contributed by atoms with E-state index >= 15 is 0 Å². The number of pyridine rings is 1. The Morgan fingerprint density at radius 2 is 2.00 bits per heavy atom. The zero-order valence-electron chi connectivity index (χ0n) is 23.0. The molecule has 1 fully saturated rings. The largest absolute Gasteiger partial charge is 0.352 e. The molecule has 0 saturated carbocycles. The number of hydroxylamine groups is 1. The summed E-state index contributed by atoms with van der Waals surface area (Å²) in [4.78, 5) is 51.1. The molecule has 0 bridgehead atoms. The van der Waals surface area contributed by atoms with E-state index in [4.69, 9.17) is 10.1 Å². The average Bonchev–Trinajstić information content (AvgIpc) is 3.43. The molecule has 1 aliphatic rings. The monoisotopic (exact) mass is 555 g/mol. The number of hydrogen-bond acceptors (Lipinski definition) is 8. The van der Waals surface area contributed by atoms with Crippen molar-refractivity contribution in [2.75, 3.05) is 33.3 Å². The van der Waals surface area contributed by atoms with E-state index in [0.717, 1.165) is 37.9 Å². The molecule has 12 heteroatoms. The number of nitrogens with one attached hydrogen (secondary N) is 3. The van der Waals surface area contributed by atoms with Crippen LogP contribution in [0.2, 0.25) is 0 Å². The van der Waals surface area contributed by atoms with Gasteiger partial charge in [-0.1, -0.05) is 0 Å². The molecule has 2 aromatic heterocycles. The van der Waals surface area contributed by atoms with E-state index < -0.39 is 5.91 Å². The Kier molecular flexibility index (Phi) is 11.2. The maximum absolute atomic E-state index is 12.9. The van der Waals surface area contributed by atoms with Crippen LogP contribution in [-0.4, -0.2) is 78.0 Å². The maximum Gasteiger partial charge on any atom is 0.341 e. The van der Waals surface area contributed by atoms with Crippen LogP contribution >= 0.6 is 11.3 Å². The number of likely N-dealkylation sites (tertiary alicyclic amines) is 1. The van der Waals surface area contributed by atoms with Crippen LogP contribution < -0.4 is 16.1 Å². The van der Waals surface area contributed by atoms with E-state index in [1.165, 1.54) is 7.11 Å². The number of nitrogens with zero attached hydrogens (tertiary/aromatic N) is 4. The number of thiophene rings is 1. The molecule has 11 nitrogen and oxygen atoms in total. The number of carbonyl (C=O) groups excluding carboxylic acids is 3. The first-order valence-corrected chi connectivity index (χ1v) is 14.0. The first-order chi connectivity index (χ1) is 18.7. The fraction of sp³-hybridized carbons (Fsp3) is 0.519. The van der Waals surface area contributed by atoms with Crippen LogP contribution in [0.3, 0.4) is 0 Å². The zero-order chi connectivity index (χ0) is 28.4. The highest BCUT2D eigenvalue weighted by Crippen LogP contribution is 2.22. The smallest absolute Gasteiger partial charge is 0.341 e. The van der Waals surface area contributed by atoms with Gasteiger partial charge in [0.05, 0.1) is 24.4 Å². The number of rotatable bonds is 11. The molecule has 3 rings (SSSR count). The highest BCUT2D eigenvalue weighted by atomic mass is 32.1. The summed E-state index contributed by atoms with van der Waals surface area (Å²) in [6, 6.07) is 5.60. The Bertz CT molecular complexity index is 1150. The van der Waals surface area contributed by atoms with E-state index in [1.54, 1.807) is 31.3 Å². The van der Waals surface area contributed by atoms with Crippen LogP contribution in [0.15, 0.2) is 22.9 Å². The summed E-state index contributed by atoms with van der Waals surface area (Å²) in [5, 5.41) is 18.2. The summed E-state index contributed by atoms with van der Waals surface area (Å²) in [5.74, 6) is -0.665. The lowest BCUT2D eigenvalue weighted by Crippen LogP contribution is -2.51. The number of amides is 4. The van der Waals surface area contributed by atoms with Crippen molar-refractivity contribution in [3.63, 3.8) is 0 Å². The summed E-state index contributed by atoms with van der Waals surface area (Å²) in [7, 11) is 1.44. The van der Waals surface area contributed by atoms with Gasteiger partial charge in [-0.25, -0.2) is 15.3 Å². The normalized spacial score (nSPS) is 14.7. The fourth-order valence-electron chi connectivity index (χ4n) is 4.90. The second-order valence-corrected chi connectivity index (χ2v) is 10.4. The van der Waals surface area contributed by atoms with Gasteiger partial charge in [0.25, 0.3) is 11.8 Å². The number of aromatic nitrogens is 1. The molecule has 39 heavy (non-hydrogen) atoms. The van der Waals surface area contributed by atoms with E-state index in [2.05, 4.69) is 38.3 Å². The van der Waals surface area contributed by atoms with Gasteiger partial charge in [0.1, 0.15) is 12.2 Å². The Labute approximate surface area is 233 Å². The molecule has 0 aromatic carbocycles. The lowest BCUT2D eigenvalue weighted by Gasteiger charge is -2.40. The topological polar surface area (TPSA) is 140 Å². The molecule has 1 saturated heterocycles. The first-order valence-electron chi connectivity index (χ1n) is 13.0. The van der Waals surface area contributed by atoms with Gasteiger partial charge in [0.2, 0.25) is 0 Å². The van der Waals surface area contributed by atoms with Gasteiger partial charge < -0.3 is 20.4 Å². The third kappa shape index (κ3) is 8.23. The Morgan fingerprint density at radius 1 is 1.26 bits per heavy atom. The quantitative estimate of drug-likeness (QED) is 0.286. The highest BCUT2D eigenvalue weighted by molar-refractivity contribution is 7.07. The van der Waals surface area contributed by atoms with Crippen LogP contribution in [0.4, 0.5) is 4.79 Å². The molecule has 2 aromatic rings. The number of hydrogen-bond donors (Lipinski definition) is 3. The van der Waals surface area contributed by atoms with Gasteiger partial charge in [0.15, 0.2) is 0 Å². The lowest BCUT2D eigenvalue weighted by molar-refractivity contribution is 0.0565. The molecule has 0 unspecified atom stereocenters. The van der Waals surface area contributed by atoms with Gasteiger partial charge >= 0.3 is 6.03 Å². The molecular formula is C27H37N7O4S. The van der Waals surface area contributed by atoms with Crippen molar-refractivity contribution < 1.29 is 19.2 Å². The van der Waals surface area contributed by atoms with Crippen LogP contribution in [0.25, 0.3) is 0 Å². The first kappa shape index (κ1) is 30.0. The Balaban J connectivity index is 1.49. The van der Waals surface area contributed by atoms with Crippen molar-refractivity contribution in [1.29, 1.82) is 5.26 Å². The predicted molar refractivity (Wildman–Crippen MR) is 148 cm³/mol.